The Labute approximate surface area is 98.0 Å². The lowest BCUT2D eigenvalue weighted by molar-refractivity contribution is 0.0582. The second-order valence-electron chi connectivity index (χ2n) is 3.71. The first-order valence-electron chi connectivity index (χ1n) is 5.41. The second-order valence-corrected chi connectivity index (χ2v) is 3.71. The molecule has 4 nitrogen and oxygen atoms in total. The van der Waals surface area contributed by atoms with E-state index in [0.29, 0.717) is 17.6 Å². The van der Waals surface area contributed by atoms with E-state index in [1.54, 1.807) is 10.6 Å². The van der Waals surface area contributed by atoms with Gasteiger partial charge in [0.25, 0.3) is 0 Å². The third-order valence-electron chi connectivity index (χ3n) is 2.53. The van der Waals surface area contributed by atoms with Gasteiger partial charge in [0.15, 0.2) is 0 Å². The lowest BCUT2D eigenvalue weighted by Crippen LogP contribution is -2.11. The molecule has 0 saturated heterocycles. The molecule has 0 spiro atoms. The Kier molecular flexibility index (Phi) is 3.08. The number of esters is 1. The summed E-state index contributed by atoms with van der Waals surface area (Å²) in [6.45, 7) is 2.58. The summed E-state index contributed by atoms with van der Waals surface area (Å²) in [5.74, 6) is -0.629. The van der Waals surface area contributed by atoms with Gasteiger partial charge in [-0.15, -0.1) is 0 Å². The fourth-order valence-electron chi connectivity index (χ4n) is 1.79. The summed E-state index contributed by atoms with van der Waals surface area (Å²) < 4.78 is 19.5. The molecule has 2 aromatic rings. The number of carbonyl (C=O) groups is 1. The number of hydrogen-bond donors (Lipinski definition) is 0. The van der Waals surface area contributed by atoms with Gasteiger partial charge in [-0.1, -0.05) is 6.92 Å². The van der Waals surface area contributed by atoms with Gasteiger partial charge in [0.2, 0.25) is 5.82 Å². The SMILES string of the molecule is CCCn1c(C(=O)OC)nc2ccc(F)cc21. The maximum absolute atomic E-state index is 13.2. The number of aryl methyl sites for hydroxylation is 1. The fourth-order valence-corrected chi connectivity index (χ4v) is 1.79. The van der Waals surface area contributed by atoms with Crippen LogP contribution in [0.1, 0.15) is 24.0 Å². The van der Waals surface area contributed by atoms with Crippen molar-refractivity contribution in [2.24, 2.45) is 0 Å². The van der Waals surface area contributed by atoms with Crippen LogP contribution in [0.2, 0.25) is 0 Å². The molecule has 0 saturated carbocycles. The molecule has 2 rings (SSSR count). The predicted molar refractivity (Wildman–Crippen MR) is 61.3 cm³/mol. The highest BCUT2D eigenvalue weighted by Gasteiger charge is 2.17. The van der Waals surface area contributed by atoms with E-state index in [0.717, 1.165) is 6.42 Å². The van der Waals surface area contributed by atoms with E-state index < -0.39 is 5.97 Å². The molecule has 0 unspecified atom stereocenters. The number of fused-ring (bicyclic) bond motifs is 1. The molecule has 0 bridgehead atoms. The minimum atomic E-state index is -0.505. The van der Waals surface area contributed by atoms with Gasteiger partial charge in [0.1, 0.15) is 5.82 Å². The van der Waals surface area contributed by atoms with Crippen molar-refractivity contribution in [1.29, 1.82) is 0 Å². The maximum atomic E-state index is 13.2. The number of ether oxygens (including phenoxy) is 1. The van der Waals surface area contributed by atoms with Crippen molar-refractivity contribution in [1.82, 2.24) is 9.55 Å². The number of imidazole rings is 1. The van der Waals surface area contributed by atoms with Crippen molar-refractivity contribution in [2.75, 3.05) is 7.11 Å². The Morgan fingerprint density at radius 2 is 2.29 bits per heavy atom. The minimum absolute atomic E-state index is 0.218. The van der Waals surface area contributed by atoms with Crippen LogP contribution in [0, 0.1) is 5.82 Å². The molecule has 0 aliphatic rings. The summed E-state index contributed by atoms with van der Waals surface area (Å²) in [6.07, 6.45) is 0.825. The van der Waals surface area contributed by atoms with Crippen molar-refractivity contribution >= 4 is 17.0 Å². The average molecular weight is 236 g/mol. The maximum Gasteiger partial charge on any atom is 0.374 e. The van der Waals surface area contributed by atoms with Crippen LogP contribution < -0.4 is 0 Å². The van der Waals surface area contributed by atoms with Gasteiger partial charge in [-0.3, -0.25) is 0 Å². The van der Waals surface area contributed by atoms with Gasteiger partial charge in [-0.2, -0.15) is 0 Å². The molecule has 0 radical (unpaired) electrons. The largest absolute Gasteiger partial charge is 0.463 e. The molecule has 17 heavy (non-hydrogen) atoms. The van der Waals surface area contributed by atoms with Crippen LogP contribution in [-0.4, -0.2) is 22.6 Å². The van der Waals surface area contributed by atoms with Gasteiger partial charge in [0, 0.05) is 6.54 Å². The van der Waals surface area contributed by atoms with Crippen LogP contribution in [0.15, 0.2) is 18.2 Å². The zero-order chi connectivity index (χ0) is 12.4. The summed E-state index contributed by atoms with van der Waals surface area (Å²) in [4.78, 5) is 15.7. The van der Waals surface area contributed by atoms with Crippen molar-refractivity contribution in [2.45, 2.75) is 19.9 Å². The standard InChI is InChI=1S/C12H13FN2O2/c1-3-6-15-10-7-8(13)4-5-9(10)14-11(15)12(16)17-2/h4-5,7H,3,6H2,1-2H3. The Morgan fingerprint density at radius 1 is 1.53 bits per heavy atom. The number of benzene rings is 1. The summed E-state index contributed by atoms with van der Waals surface area (Å²) in [6, 6.07) is 4.26. The van der Waals surface area contributed by atoms with E-state index in [1.807, 2.05) is 6.92 Å². The van der Waals surface area contributed by atoms with Crippen LogP contribution in [0.3, 0.4) is 0 Å². The van der Waals surface area contributed by atoms with Gasteiger partial charge < -0.3 is 9.30 Å². The van der Waals surface area contributed by atoms with Crippen molar-refractivity contribution in [3.8, 4) is 0 Å². The first-order valence-corrected chi connectivity index (χ1v) is 5.41. The zero-order valence-corrected chi connectivity index (χ0v) is 9.74. The number of hydrogen-bond acceptors (Lipinski definition) is 3. The molecular weight excluding hydrogens is 223 g/mol. The number of halogens is 1. The Morgan fingerprint density at radius 3 is 2.94 bits per heavy atom. The van der Waals surface area contributed by atoms with Crippen molar-refractivity contribution in [3.63, 3.8) is 0 Å². The molecule has 0 aliphatic carbocycles. The minimum Gasteiger partial charge on any atom is -0.463 e. The quantitative estimate of drug-likeness (QED) is 0.768. The topological polar surface area (TPSA) is 44.1 Å². The second kappa shape index (κ2) is 4.53. The van der Waals surface area contributed by atoms with Crippen LogP contribution >= 0.6 is 0 Å². The molecule has 0 N–H and O–H groups in total. The van der Waals surface area contributed by atoms with E-state index in [9.17, 15) is 9.18 Å². The van der Waals surface area contributed by atoms with Gasteiger partial charge in [0.05, 0.1) is 18.1 Å². The van der Waals surface area contributed by atoms with Crippen LogP contribution in [0.25, 0.3) is 11.0 Å². The summed E-state index contributed by atoms with van der Waals surface area (Å²) >= 11 is 0. The normalized spacial score (nSPS) is 10.8. The first-order chi connectivity index (χ1) is 8.17. The van der Waals surface area contributed by atoms with Crippen molar-refractivity contribution in [3.05, 3.63) is 29.8 Å². The summed E-state index contributed by atoms with van der Waals surface area (Å²) in [5, 5.41) is 0. The third kappa shape index (κ3) is 2.00. The highest BCUT2D eigenvalue weighted by Crippen LogP contribution is 2.18. The molecular formula is C12H13FN2O2. The summed E-state index contributed by atoms with van der Waals surface area (Å²) in [5.41, 5.74) is 1.22. The third-order valence-corrected chi connectivity index (χ3v) is 2.53. The molecule has 0 atom stereocenters. The van der Waals surface area contributed by atoms with Gasteiger partial charge >= 0.3 is 5.97 Å². The molecule has 0 amide bonds. The monoisotopic (exact) mass is 236 g/mol. The predicted octanol–water partition coefficient (Wildman–Crippen LogP) is 2.37. The zero-order valence-electron chi connectivity index (χ0n) is 9.74. The number of nitrogens with zero attached hydrogens (tertiary/aromatic N) is 2. The van der Waals surface area contributed by atoms with E-state index in [-0.39, 0.29) is 11.6 Å². The number of carbonyl (C=O) groups excluding carboxylic acids is 1. The smallest absolute Gasteiger partial charge is 0.374 e. The number of rotatable bonds is 3. The van der Waals surface area contributed by atoms with Gasteiger partial charge in [-0.25, -0.2) is 14.2 Å². The Balaban J connectivity index is 2.66. The molecule has 1 heterocycles. The van der Waals surface area contributed by atoms with Crippen LogP contribution in [0.5, 0.6) is 0 Å². The molecule has 0 fully saturated rings. The molecule has 0 aliphatic heterocycles. The molecule has 5 heteroatoms. The first kappa shape index (κ1) is 11.6. The fraction of sp³-hybridized carbons (Fsp3) is 0.333. The average Bonchev–Trinajstić information content (AvgIpc) is 2.67. The number of methoxy groups -OCH3 is 1. The Hall–Kier alpha value is -1.91. The van der Waals surface area contributed by atoms with Gasteiger partial charge in [-0.05, 0) is 24.6 Å². The summed E-state index contributed by atoms with van der Waals surface area (Å²) in [7, 11) is 1.30. The van der Waals surface area contributed by atoms with Crippen LogP contribution in [0.4, 0.5) is 4.39 Å². The highest BCUT2D eigenvalue weighted by molar-refractivity contribution is 5.91. The van der Waals surface area contributed by atoms with E-state index in [2.05, 4.69) is 9.72 Å². The highest BCUT2D eigenvalue weighted by atomic mass is 19.1. The van der Waals surface area contributed by atoms with Crippen LogP contribution in [-0.2, 0) is 11.3 Å². The van der Waals surface area contributed by atoms with E-state index >= 15 is 0 Å². The van der Waals surface area contributed by atoms with E-state index in [4.69, 9.17) is 0 Å². The lowest BCUT2D eigenvalue weighted by atomic mass is 10.3. The Bertz CT molecular complexity index is 563. The number of aromatic nitrogens is 2. The molecule has 1 aromatic heterocycles. The molecule has 1 aromatic carbocycles. The van der Waals surface area contributed by atoms with Crippen molar-refractivity contribution < 1.29 is 13.9 Å². The molecule has 90 valence electrons. The lowest BCUT2D eigenvalue weighted by Gasteiger charge is -2.05. The van der Waals surface area contributed by atoms with E-state index in [1.165, 1.54) is 19.2 Å².